The smallest absolute Gasteiger partial charge is 0.337 e. The topological polar surface area (TPSA) is 74.5 Å². The molecule has 0 unspecified atom stereocenters. The summed E-state index contributed by atoms with van der Waals surface area (Å²) < 4.78 is 44.6. The summed E-state index contributed by atoms with van der Waals surface area (Å²) >= 11 is 0. The molecular formula is C27H32F3N5O2. The van der Waals surface area contributed by atoms with Crippen LogP contribution in [-0.4, -0.2) is 58.6 Å². The van der Waals surface area contributed by atoms with E-state index < -0.39 is 11.7 Å². The van der Waals surface area contributed by atoms with Crippen LogP contribution in [-0.2, 0) is 30.5 Å². The third-order valence-corrected chi connectivity index (χ3v) is 6.17. The Labute approximate surface area is 214 Å². The lowest BCUT2D eigenvalue weighted by Crippen LogP contribution is -2.42. The Hall–Kier alpha value is -3.24. The number of hydrogen-bond acceptors (Lipinski definition) is 6. The number of benzene rings is 2. The second-order valence-corrected chi connectivity index (χ2v) is 9.78. The largest absolute Gasteiger partial charge is 0.416 e. The number of halogens is 3. The van der Waals surface area contributed by atoms with Crippen LogP contribution in [0.5, 0.6) is 0 Å². The molecule has 1 N–H and O–H groups in total. The van der Waals surface area contributed by atoms with Crippen LogP contribution >= 0.6 is 0 Å². The number of aromatic nitrogens is 2. The van der Waals surface area contributed by atoms with Gasteiger partial charge in [-0.15, -0.1) is 0 Å². The molecule has 0 saturated carbocycles. The van der Waals surface area contributed by atoms with Crippen LogP contribution in [0.2, 0.25) is 0 Å². The molecule has 2 aromatic carbocycles. The number of carbonyl (C=O) groups excluding carboxylic acids is 1. The fourth-order valence-corrected chi connectivity index (χ4v) is 4.33. The highest BCUT2D eigenvalue weighted by Crippen LogP contribution is 2.29. The summed E-state index contributed by atoms with van der Waals surface area (Å²) in [6.07, 6.45) is -4.60. The van der Waals surface area contributed by atoms with Crippen LogP contribution < -0.4 is 5.32 Å². The molecule has 0 bridgehead atoms. The molecule has 7 nitrogen and oxygen atoms in total. The van der Waals surface area contributed by atoms with Crippen molar-refractivity contribution >= 4 is 5.91 Å². The van der Waals surface area contributed by atoms with Crippen molar-refractivity contribution in [2.24, 2.45) is 5.92 Å². The number of nitrogens with one attached hydrogen (secondary N) is 1. The minimum Gasteiger partial charge on any atom is -0.337 e. The maximum atomic E-state index is 13.1. The number of amides is 1. The maximum absolute atomic E-state index is 13.1. The zero-order valence-corrected chi connectivity index (χ0v) is 21.1. The van der Waals surface area contributed by atoms with Gasteiger partial charge < -0.3 is 14.7 Å². The molecule has 1 amide bonds. The summed E-state index contributed by atoms with van der Waals surface area (Å²) in [6.45, 7) is 9.36. The Kier molecular flexibility index (Phi) is 8.60. The average Bonchev–Trinajstić information content (AvgIpc) is 3.33. The van der Waals surface area contributed by atoms with Crippen LogP contribution in [0, 0.1) is 5.92 Å². The summed E-state index contributed by atoms with van der Waals surface area (Å²) in [6, 6.07) is 12.9. The van der Waals surface area contributed by atoms with Gasteiger partial charge in [0.05, 0.1) is 12.0 Å². The SMILES string of the molecule is CC(C)CN(Cc1nc(-c2ccc(CN3CCNCC3)cc2)no1)C(=O)Cc1cccc(C(F)(F)F)c1. The van der Waals surface area contributed by atoms with E-state index in [9.17, 15) is 18.0 Å². The molecule has 1 aliphatic rings. The molecule has 3 aromatic rings. The number of hydrogen-bond donors (Lipinski definition) is 1. The van der Waals surface area contributed by atoms with E-state index in [-0.39, 0.29) is 30.7 Å². The molecule has 198 valence electrons. The standard InChI is InChI=1S/C27H32F3N5O2/c1-19(2)16-35(25(36)15-21-4-3-5-23(14-21)27(28,29)30)18-24-32-26(33-37-24)22-8-6-20(7-9-22)17-34-12-10-31-11-13-34/h3-9,14,19,31H,10-13,15-18H2,1-2H3. The first-order valence-electron chi connectivity index (χ1n) is 12.5. The van der Waals surface area contributed by atoms with Gasteiger partial charge in [-0.2, -0.15) is 18.2 Å². The lowest BCUT2D eigenvalue weighted by atomic mass is 10.1. The molecule has 1 fully saturated rings. The first-order chi connectivity index (χ1) is 17.7. The minimum absolute atomic E-state index is 0.0874. The zero-order chi connectivity index (χ0) is 26.4. The van der Waals surface area contributed by atoms with E-state index in [2.05, 4.69) is 32.5 Å². The van der Waals surface area contributed by atoms with Crippen molar-refractivity contribution in [2.45, 2.75) is 39.5 Å². The van der Waals surface area contributed by atoms with Gasteiger partial charge in [-0.3, -0.25) is 9.69 Å². The molecule has 1 aliphatic heterocycles. The number of alkyl halides is 3. The predicted molar refractivity (Wildman–Crippen MR) is 133 cm³/mol. The molecule has 0 spiro atoms. The van der Waals surface area contributed by atoms with Crippen molar-refractivity contribution in [3.8, 4) is 11.4 Å². The molecule has 0 atom stereocenters. The van der Waals surface area contributed by atoms with Gasteiger partial charge >= 0.3 is 6.18 Å². The molecule has 1 saturated heterocycles. The Bertz CT molecular complexity index is 1170. The van der Waals surface area contributed by atoms with Crippen LogP contribution in [0.25, 0.3) is 11.4 Å². The highest BCUT2D eigenvalue weighted by atomic mass is 19.4. The number of piperazine rings is 1. The van der Waals surface area contributed by atoms with Gasteiger partial charge in [-0.1, -0.05) is 61.5 Å². The lowest BCUT2D eigenvalue weighted by molar-refractivity contribution is -0.138. The van der Waals surface area contributed by atoms with Gasteiger partial charge in [0.1, 0.15) is 6.54 Å². The normalized spacial score (nSPS) is 14.8. The second-order valence-electron chi connectivity index (χ2n) is 9.78. The Morgan fingerprint density at radius 3 is 2.51 bits per heavy atom. The molecule has 4 rings (SSSR count). The van der Waals surface area contributed by atoms with Crippen molar-refractivity contribution in [2.75, 3.05) is 32.7 Å². The minimum atomic E-state index is -4.46. The van der Waals surface area contributed by atoms with Gasteiger partial charge in [0.2, 0.25) is 17.6 Å². The fraction of sp³-hybridized carbons (Fsp3) is 0.444. The first-order valence-corrected chi connectivity index (χ1v) is 12.5. The van der Waals surface area contributed by atoms with E-state index in [1.165, 1.54) is 17.7 Å². The summed E-state index contributed by atoms with van der Waals surface area (Å²) in [5.74, 6) is 0.553. The summed E-state index contributed by atoms with van der Waals surface area (Å²) in [5.41, 5.74) is 1.55. The van der Waals surface area contributed by atoms with E-state index in [1.807, 2.05) is 26.0 Å². The highest BCUT2D eigenvalue weighted by molar-refractivity contribution is 5.78. The van der Waals surface area contributed by atoms with Crippen LogP contribution in [0.15, 0.2) is 53.1 Å². The number of rotatable bonds is 9. The summed E-state index contributed by atoms with van der Waals surface area (Å²) in [4.78, 5) is 21.5. The molecular weight excluding hydrogens is 483 g/mol. The predicted octanol–water partition coefficient (Wildman–Crippen LogP) is 4.39. The van der Waals surface area contributed by atoms with Crippen LogP contribution in [0.3, 0.4) is 0 Å². The van der Waals surface area contributed by atoms with Gasteiger partial charge in [0.25, 0.3) is 0 Å². The zero-order valence-electron chi connectivity index (χ0n) is 21.1. The van der Waals surface area contributed by atoms with Crippen molar-refractivity contribution < 1.29 is 22.5 Å². The summed E-state index contributed by atoms with van der Waals surface area (Å²) in [5, 5.41) is 7.43. The van der Waals surface area contributed by atoms with Gasteiger partial charge in [-0.25, -0.2) is 0 Å². The monoisotopic (exact) mass is 515 g/mol. The van der Waals surface area contributed by atoms with E-state index in [0.29, 0.717) is 17.9 Å². The number of nitrogens with zero attached hydrogens (tertiary/aromatic N) is 4. The Balaban J connectivity index is 1.41. The van der Waals surface area contributed by atoms with E-state index >= 15 is 0 Å². The van der Waals surface area contributed by atoms with Crippen LogP contribution in [0.1, 0.15) is 36.4 Å². The third kappa shape index (κ3) is 7.62. The van der Waals surface area contributed by atoms with Gasteiger partial charge in [0, 0.05) is 44.8 Å². The van der Waals surface area contributed by atoms with E-state index in [0.717, 1.165) is 50.4 Å². The second kappa shape index (κ2) is 11.9. The molecule has 37 heavy (non-hydrogen) atoms. The van der Waals surface area contributed by atoms with Gasteiger partial charge in [-0.05, 0) is 23.1 Å². The molecule has 2 heterocycles. The molecule has 10 heteroatoms. The van der Waals surface area contributed by atoms with E-state index in [4.69, 9.17) is 4.52 Å². The maximum Gasteiger partial charge on any atom is 0.416 e. The third-order valence-electron chi connectivity index (χ3n) is 6.17. The first kappa shape index (κ1) is 26.8. The van der Waals surface area contributed by atoms with Crippen molar-refractivity contribution in [1.29, 1.82) is 0 Å². The van der Waals surface area contributed by atoms with E-state index in [1.54, 1.807) is 4.90 Å². The van der Waals surface area contributed by atoms with Crippen molar-refractivity contribution in [3.05, 3.63) is 71.1 Å². The lowest BCUT2D eigenvalue weighted by Gasteiger charge is -2.27. The fourth-order valence-electron chi connectivity index (χ4n) is 4.33. The van der Waals surface area contributed by atoms with Crippen molar-refractivity contribution in [3.63, 3.8) is 0 Å². The number of carbonyl (C=O) groups is 1. The van der Waals surface area contributed by atoms with Crippen LogP contribution in [0.4, 0.5) is 13.2 Å². The Morgan fingerprint density at radius 2 is 1.84 bits per heavy atom. The van der Waals surface area contributed by atoms with Crippen molar-refractivity contribution in [1.82, 2.24) is 25.3 Å². The Morgan fingerprint density at radius 1 is 1.11 bits per heavy atom. The van der Waals surface area contributed by atoms with Gasteiger partial charge in [0.15, 0.2) is 0 Å². The average molecular weight is 516 g/mol. The molecule has 1 aromatic heterocycles. The highest BCUT2D eigenvalue weighted by Gasteiger charge is 2.30. The molecule has 0 radical (unpaired) electrons. The summed E-state index contributed by atoms with van der Waals surface area (Å²) in [7, 11) is 0. The molecule has 0 aliphatic carbocycles. The quantitative estimate of drug-likeness (QED) is 0.456.